The van der Waals surface area contributed by atoms with Crippen molar-refractivity contribution in [1.29, 1.82) is 0 Å². The molecule has 1 saturated heterocycles. The predicted molar refractivity (Wildman–Crippen MR) is 122 cm³/mol. The van der Waals surface area contributed by atoms with Crippen LogP contribution in [0.4, 0.5) is 0 Å². The van der Waals surface area contributed by atoms with Crippen LogP contribution in [0.25, 0.3) is 0 Å². The summed E-state index contributed by atoms with van der Waals surface area (Å²) in [5.74, 6) is -1.70. The molecule has 3 rings (SSSR count). The maximum Gasteiger partial charge on any atom is 0.333 e. The molecule has 2 aromatic carbocycles. The highest BCUT2D eigenvalue weighted by atomic mass is 35.7. The molecule has 32 heavy (non-hydrogen) atoms. The minimum absolute atomic E-state index is 0.0113. The van der Waals surface area contributed by atoms with Crippen molar-refractivity contribution < 1.29 is 23.7 Å². The van der Waals surface area contributed by atoms with E-state index in [-0.39, 0.29) is 13.0 Å². The smallest absolute Gasteiger partial charge is 0.333 e. The number of ether oxygens (including phenoxy) is 1. The maximum absolute atomic E-state index is 12.9. The number of esters is 1. The van der Waals surface area contributed by atoms with Gasteiger partial charge < -0.3 is 14.6 Å². The summed E-state index contributed by atoms with van der Waals surface area (Å²) in [4.78, 5) is 39.1. The number of carbonyl (C=O) groups excluding carboxylic acids is 3. The summed E-state index contributed by atoms with van der Waals surface area (Å²) in [5.41, 5.74) is 1.87. The van der Waals surface area contributed by atoms with E-state index >= 15 is 0 Å². The molecule has 9 heteroatoms. The molecule has 0 aromatic heterocycles. The lowest BCUT2D eigenvalue weighted by Crippen LogP contribution is -2.75. The molecule has 2 aromatic rings. The van der Waals surface area contributed by atoms with Crippen molar-refractivity contribution in [3.8, 4) is 0 Å². The molecule has 2 amide bonds. The van der Waals surface area contributed by atoms with Crippen molar-refractivity contribution in [3.05, 3.63) is 83.9 Å². The van der Waals surface area contributed by atoms with Gasteiger partial charge in [0.05, 0.1) is 16.8 Å². The molecule has 1 fully saturated rings. The van der Waals surface area contributed by atoms with Crippen LogP contribution in [0.2, 0.25) is 0 Å². The number of nitrogens with one attached hydrogen (secondary N) is 1. The van der Waals surface area contributed by atoms with Crippen molar-refractivity contribution in [2.75, 3.05) is 0 Å². The van der Waals surface area contributed by atoms with Crippen LogP contribution in [0.3, 0.4) is 0 Å². The maximum atomic E-state index is 12.9. The van der Waals surface area contributed by atoms with E-state index in [0.717, 1.165) is 16.0 Å². The number of rotatable bonds is 9. The first-order valence-electron chi connectivity index (χ1n) is 9.88. The number of hydrogen-bond donors (Lipinski definition) is 1. The van der Waals surface area contributed by atoms with Gasteiger partial charge in [-0.2, -0.15) is 0 Å². The molecule has 1 heterocycles. The summed E-state index contributed by atoms with van der Waals surface area (Å²) < 4.78 is 17.6. The zero-order valence-corrected chi connectivity index (χ0v) is 19.0. The molecule has 1 aliphatic heterocycles. The highest BCUT2D eigenvalue weighted by Gasteiger charge is 2.60. The van der Waals surface area contributed by atoms with Gasteiger partial charge in [-0.15, -0.1) is 0 Å². The number of nitrogens with zero attached hydrogens (tertiary/aromatic N) is 1. The van der Waals surface area contributed by atoms with Crippen LogP contribution in [-0.4, -0.2) is 44.7 Å². The number of halogens is 1. The van der Waals surface area contributed by atoms with Gasteiger partial charge in [0.25, 0.3) is 5.91 Å². The molecule has 0 aliphatic carbocycles. The second kappa shape index (κ2) is 10.7. The first kappa shape index (κ1) is 23.8. The fraction of sp³-hybridized carbons (Fsp3) is 0.261. The first-order chi connectivity index (χ1) is 15.3. The number of β-lactam (4-membered cyclic amide) rings is 1. The monoisotopic (exact) mass is 474 g/mol. The number of benzene rings is 2. The molecule has 0 spiro atoms. The van der Waals surface area contributed by atoms with Gasteiger partial charge in [-0.05, 0) is 23.6 Å². The van der Waals surface area contributed by atoms with E-state index in [9.17, 15) is 18.9 Å². The standard InChI is InChI=1S/C23H23ClN2O5S/c1-15(2)20(23(29)31-14-17-11-7-4-8-12-17)26-21(28)19(22(26)32(24)30)25-18(27)13-16-9-5-3-6-10-16/h3-12,19-20,22H,1,13-14H2,2H3,(H,25,27). The van der Waals surface area contributed by atoms with Crippen LogP contribution >= 0.6 is 10.7 Å². The third kappa shape index (κ3) is 5.51. The van der Waals surface area contributed by atoms with Crippen LogP contribution in [0.1, 0.15) is 18.1 Å². The molecular formula is C23H23ClN2O5S. The number of hydrogen-bond acceptors (Lipinski definition) is 5. The number of likely N-dealkylation sites (tertiary alicyclic amines) is 1. The fourth-order valence-electron chi connectivity index (χ4n) is 3.46. The van der Waals surface area contributed by atoms with Crippen molar-refractivity contribution in [2.24, 2.45) is 0 Å². The molecule has 0 radical (unpaired) electrons. The lowest BCUT2D eigenvalue weighted by molar-refractivity contribution is -0.163. The third-order valence-electron chi connectivity index (χ3n) is 4.99. The fourth-order valence-corrected chi connectivity index (χ4v) is 4.82. The van der Waals surface area contributed by atoms with Gasteiger partial charge in [-0.1, -0.05) is 67.2 Å². The molecule has 0 saturated carbocycles. The molecule has 1 N–H and O–H groups in total. The summed E-state index contributed by atoms with van der Waals surface area (Å²) in [6.45, 7) is 5.36. The van der Waals surface area contributed by atoms with Gasteiger partial charge >= 0.3 is 5.97 Å². The molecule has 4 atom stereocenters. The van der Waals surface area contributed by atoms with Gasteiger partial charge in [0, 0.05) is 0 Å². The summed E-state index contributed by atoms with van der Waals surface area (Å²) >= 11 is 0. The molecule has 4 unspecified atom stereocenters. The predicted octanol–water partition coefficient (Wildman–Crippen LogP) is 2.47. The summed E-state index contributed by atoms with van der Waals surface area (Å²) in [6, 6.07) is 15.8. The van der Waals surface area contributed by atoms with E-state index in [2.05, 4.69) is 11.9 Å². The van der Waals surface area contributed by atoms with Gasteiger partial charge in [-0.3, -0.25) is 14.5 Å². The Hall–Kier alpha value is -2.81. The molecule has 7 nitrogen and oxygen atoms in total. The van der Waals surface area contributed by atoms with Crippen molar-refractivity contribution in [3.63, 3.8) is 0 Å². The number of amides is 2. The minimum atomic E-state index is -2.05. The van der Waals surface area contributed by atoms with Crippen LogP contribution in [0, 0.1) is 0 Å². The van der Waals surface area contributed by atoms with Gasteiger partial charge in [0.15, 0.2) is 22.8 Å². The second-order valence-corrected chi connectivity index (χ2v) is 9.33. The van der Waals surface area contributed by atoms with E-state index < -0.39 is 45.6 Å². The van der Waals surface area contributed by atoms with E-state index in [1.807, 2.05) is 24.3 Å². The van der Waals surface area contributed by atoms with Gasteiger partial charge in [0.1, 0.15) is 6.61 Å². The van der Waals surface area contributed by atoms with E-state index in [1.165, 1.54) is 0 Å². The highest BCUT2D eigenvalue weighted by molar-refractivity contribution is 8.14. The van der Waals surface area contributed by atoms with Gasteiger partial charge in [0.2, 0.25) is 11.3 Å². The Morgan fingerprint density at radius 3 is 2.25 bits per heavy atom. The van der Waals surface area contributed by atoms with E-state index in [4.69, 9.17) is 15.4 Å². The first-order valence-corrected chi connectivity index (χ1v) is 11.9. The summed E-state index contributed by atoms with van der Waals surface area (Å²) in [5, 5.41) is 1.49. The normalized spacial score (nSPS) is 19.5. The Labute approximate surface area is 194 Å². The zero-order valence-electron chi connectivity index (χ0n) is 17.4. The van der Waals surface area contributed by atoms with Gasteiger partial charge in [-0.25, -0.2) is 4.79 Å². The highest BCUT2D eigenvalue weighted by Crippen LogP contribution is 2.32. The Morgan fingerprint density at radius 1 is 1.16 bits per heavy atom. The second-order valence-electron chi connectivity index (χ2n) is 7.43. The quantitative estimate of drug-likeness (QED) is 0.260. The lowest BCUT2D eigenvalue weighted by Gasteiger charge is -2.47. The minimum Gasteiger partial charge on any atom is -0.597 e. The molecule has 168 valence electrons. The third-order valence-corrected chi connectivity index (χ3v) is 6.41. The van der Waals surface area contributed by atoms with E-state index in [0.29, 0.717) is 5.57 Å². The largest absolute Gasteiger partial charge is 0.597 e. The summed E-state index contributed by atoms with van der Waals surface area (Å²) in [6.07, 6.45) is 0.0509. The summed E-state index contributed by atoms with van der Waals surface area (Å²) in [7, 11) is 3.80. The van der Waals surface area contributed by atoms with Crippen LogP contribution in [0.5, 0.6) is 0 Å². The van der Waals surface area contributed by atoms with Crippen LogP contribution in [0.15, 0.2) is 72.8 Å². The Bertz CT molecular complexity index is 986. The topological polar surface area (TPSA) is 98.8 Å². The molecular weight excluding hydrogens is 452 g/mol. The zero-order chi connectivity index (χ0) is 23.3. The van der Waals surface area contributed by atoms with Crippen LogP contribution in [-0.2, 0) is 42.5 Å². The Kier molecular flexibility index (Phi) is 7.95. The van der Waals surface area contributed by atoms with Crippen LogP contribution < -0.4 is 5.32 Å². The van der Waals surface area contributed by atoms with Crippen molar-refractivity contribution in [1.82, 2.24) is 10.2 Å². The SMILES string of the molecule is C=C(C)C(C(=O)OCc1ccccc1)N1C(=O)C(NC(=O)Cc2ccccc2)C1[S+]([O-])Cl. The number of carbonyl (C=O) groups is 3. The molecule has 1 aliphatic rings. The lowest BCUT2D eigenvalue weighted by atomic mass is 9.99. The Balaban J connectivity index is 1.69. The Morgan fingerprint density at radius 2 is 1.72 bits per heavy atom. The average Bonchev–Trinajstić information content (AvgIpc) is 2.77. The van der Waals surface area contributed by atoms with E-state index in [1.54, 1.807) is 43.3 Å². The average molecular weight is 475 g/mol. The molecule has 0 bridgehead atoms. The van der Waals surface area contributed by atoms with Crippen molar-refractivity contribution >= 4 is 38.9 Å². The van der Waals surface area contributed by atoms with Crippen molar-refractivity contribution in [2.45, 2.75) is 37.4 Å².